The molecule has 1 amide bonds. The summed E-state index contributed by atoms with van der Waals surface area (Å²) < 4.78 is 15.0. The summed E-state index contributed by atoms with van der Waals surface area (Å²) in [5.74, 6) is 5.62. The Morgan fingerprint density at radius 3 is 2.58 bits per heavy atom. The third-order valence-electron chi connectivity index (χ3n) is 6.97. The lowest BCUT2D eigenvalue weighted by Gasteiger charge is -2.31. The van der Waals surface area contributed by atoms with Crippen LogP contribution in [0.5, 0.6) is 0 Å². The third kappa shape index (κ3) is 4.14. The van der Waals surface area contributed by atoms with Crippen LogP contribution in [0.15, 0.2) is 30.1 Å². The fourth-order valence-electron chi connectivity index (χ4n) is 5.54. The highest BCUT2D eigenvalue weighted by molar-refractivity contribution is 6.31. The molecule has 178 valence electrons. The Morgan fingerprint density at radius 1 is 1.39 bits per heavy atom. The summed E-state index contributed by atoms with van der Waals surface area (Å²) in [6, 6.07) is 3.97. The molecule has 8 N–H and O–H groups in total. The van der Waals surface area contributed by atoms with Crippen LogP contribution in [0.3, 0.4) is 0 Å². The van der Waals surface area contributed by atoms with E-state index >= 15 is 0 Å². The van der Waals surface area contributed by atoms with Crippen LogP contribution in [0.4, 0.5) is 15.9 Å². The minimum Gasteiger partial charge on any atom is -0.403 e. The number of benzene rings is 1. The number of aliphatic hydroxyl groups is 1. The number of fused-ring (bicyclic) bond motifs is 1. The first kappa shape index (κ1) is 23.3. The molecule has 0 spiro atoms. The fraction of sp³-hybridized carbons (Fsp3) is 0.455. The van der Waals surface area contributed by atoms with Crippen molar-refractivity contribution < 1.29 is 14.3 Å². The molecule has 0 aliphatic heterocycles. The highest BCUT2D eigenvalue weighted by Crippen LogP contribution is 2.55. The Hall–Kier alpha value is -2.82. The van der Waals surface area contributed by atoms with Gasteiger partial charge in [0.1, 0.15) is 22.8 Å². The quantitative estimate of drug-likeness (QED) is 0.327. The number of anilines is 2. The van der Waals surface area contributed by atoms with Gasteiger partial charge in [0.2, 0.25) is 0 Å². The van der Waals surface area contributed by atoms with Gasteiger partial charge in [0.25, 0.3) is 5.91 Å². The van der Waals surface area contributed by atoms with E-state index in [1.807, 2.05) is 0 Å². The summed E-state index contributed by atoms with van der Waals surface area (Å²) in [6.07, 6.45) is 3.96. The van der Waals surface area contributed by atoms with E-state index in [0.29, 0.717) is 35.5 Å². The topological polar surface area (TPSA) is 148 Å². The summed E-state index contributed by atoms with van der Waals surface area (Å²) in [5, 5.41) is 19.7. The average Bonchev–Trinajstić information content (AvgIpc) is 3.34. The first-order valence-corrected chi connectivity index (χ1v) is 11.1. The van der Waals surface area contributed by atoms with Crippen molar-refractivity contribution in [1.29, 1.82) is 0 Å². The fourth-order valence-corrected chi connectivity index (χ4v) is 5.72. The number of hydrogen-bond donors (Lipinski definition) is 5. The molecule has 9 nitrogen and oxygen atoms in total. The second-order valence-corrected chi connectivity index (χ2v) is 9.55. The monoisotopic (exact) mass is 477 g/mol. The standard InChI is InChI=1S/C22H29ClFN7O2/c1-30(27)17(10-25)22(33)8-12-5-11(6-13(12)9-22)19-18(20(26)31(2)29-19)21(32)28-14-3-4-16(24)15(23)7-14/h3-4,7,10-13,33H,5-6,8-9,25-27H2,1-2H3,(H,28,32)/b17-10-. The summed E-state index contributed by atoms with van der Waals surface area (Å²) >= 11 is 5.83. The number of carbonyl (C=O) groups excluding carboxylic acids is 1. The zero-order valence-electron chi connectivity index (χ0n) is 18.6. The van der Waals surface area contributed by atoms with E-state index < -0.39 is 17.3 Å². The number of nitrogen functional groups attached to an aromatic ring is 1. The molecule has 11 heteroatoms. The largest absolute Gasteiger partial charge is 0.403 e. The lowest BCUT2D eigenvalue weighted by atomic mass is 9.89. The number of rotatable bonds is 5. The second-order valence-electron chi connectivity index (χ2n) is 9.14. The van der Waals surface area contributed by atoms with Gasteiger partial charge in [-0.05, 0) is 55.7 Å². The molecule has 2 atom stereocenters. The number of nitrogens with zero attached hydrogens (tertiary/aromatic N) is 3. The first-order chi connectivity index (χ1) is 15.5. The normalized spacial score (nSPS) is 27.0. The highest BCUT2D eigenvalue weighted by atomic mass is 35.5. The van der Waals surface area contributed by atoms with Crippen LogP contribution in [0.25, 0.3) is 0 Å². The van der Waals surface area contributed by atoms with Gasteiger partial charge in [-0.3, -0.25) is 9.48 Å². The number of likely N-dealkylation sites (N-methyl/N-ethyl adjacent to an activating group) is 1. The van der Waals surface area contributed by atoms with Crippen LogP contribution in [0.1, 0.15) is 47.7 Å². The van der Waals surface area contributed by atoms with Crippen molar-refractivity contribution >= 4 is 29.0 Å². The van der Waals surface area contributed by atoms with Gasteiger partial charge in [-0.15, -0.1) is 0 Å². The van der Waals surface area contributed by atoms with Crippen molar-refractivity contribution in [2.45, 2.75) is 37.2 Å². The molecule has 2 aliphatic carbocycles. The van der Waals surface area contributed by atoms with Crippen LogP contribution >= 0.6 is 11.6 Å². The molecule has 1 heterocycles. The molecule has 33 heavy (non-hydrogen) atoms. The average molecular weight is 478 g/mol. The van der Waals surface area contributed by atoms with Crippen molar-refractivity contribution in [1.82, 2.24) is 14.8 Å². The third-order valence-corrected chi connectivity index (χ3v) is 7.26. The number of hydrogen-bond acceptors (Lipinski definition) is 7. The molecule has 2 saturated carbocycles. The smallest absolute Gasteiger partial charge is 0.261 e. The second kappa shape index (κ2) is 8.51. The maximum absolute atomic E-state index is 13.5. The summed E-state index contributed by atoms with van der Waals surface area (Å²) in [6.45, 7) is 0. The van der Waals surface area contributed by atoms with E-state index in [4.69, 9.17) is 28.9 Å². The number of aromatic nitrogens is 2. The molecule has 0 radical (unpaired) electrons. The summed E-state index contributed by atoms with van der Waals surface area (Å²) in [7, 11) is 3.34. The number of nitrogens with two attached hydrogens (primary N) is 3. The molecule has 4 rings (SSSR count). The Bertz CT molecular complexity index is 1100. The van der Waals surface area contributed by atoms with E-state index in [0.717, 1.165) is 12.8 Å². The SMILES string of the molecule is CN(N)/C(=C\N)C1(O)CC2CC(c3nn(C)c(N)c3C(=O)Nc3ccc(F)c(Cl)c3)CC2C1. The van der Waals surface area contributed by atoms with Gasteiger partial charge in [-0.2, -0.15) is 5.10 Å². The summed E-state index contributed by atoms with van der Waals surface area (Å²) in [4.78, 5) is 13.1. The van der Waals surface area contributed by atoms with Crippen LogP contribution in [0.2, 0.25) is 5.02 Å². The van der Waals surface area contributed by atoms with Gasteiger partial charge in [-0.1, -0.05) is 11.6 Å². The lowest BCUT2D eigenvalue weighted by Crippen LogP contribution is -2.41. The zero-order chi connectivity index (χ0) is 24.1. The molecule has 0 bridgehead atoms. The molecule has 2 aliphatic rings. The van der Waals surface area contributed by atoms with Gasteiger partial charge < -0.3 is 26.9 Å². The maximum Gasteiger partial charge on any atom is 0.261 e. The molecule has 2 aromatic rings. The van der Waals surface area contributed by atoms with Gasteiger partial charge >= 0.3 is 0 Å². The molecule has 2 fully saturated rings. The van der Waals surface area contributed by atoms with Gasteiger partial charge in [0.05, 0.1) is 16.4 Å². The highest BCUT2D eigenvalue weighted by Gasteiger charge is 2.52. The number of carbonyl (C=O) groups is 1. The molecular weight excluding hydrogens is 449 g/mol. The zero-order valence-corrected chi connectivity index (χ0v) is 19.3. The Morgan fingerprint density at radius 2 is 2.03 bits per heavy atom. The Labute approximate surface area is 196 Å². The first-order valence-electron chi connectivity index (χ1n) is 10.8. The van der Waals surface area contributed by atoms with Crippen LogP contribution in [-0.4, -0.2) is 38.5 Å². The number of halogens is 2. The van der Waals surface area contributed by atoms with Gasteiger partial charge in [-0.25, -0.2) is 10.2 Å². The molecule has 2 unspecified atom stereocenters. The van der Waals surface area contributed by atoms with Crippen molar-refractivity contribution in [3.8, 4) is 0 Å². The molecule has 1 aromatic carbocycles. The number of aryl methyl sites for hydroxylation is 1. The van der Waals surface area contributed by atoms with Crippen molar-refractivity contribution in [2.24, 2.45) is 30.5 Å². The van der Waals surface area contributed by atoms with Gasteiger partial charge in [0, 0.05) is 31.9 Å². The van der Waals surface area contributed by atoms with E-state index in [9.17, 15) is 14.3 Å². The summed E-state index contributed by atoms with van der Waals surface area (Å²) in [5.41, 5.74) is 12.7. The van der Waals surface area contributed by atoms with Crippen LogP contribution < -0.4 is 22.6 Å². The number of nitrogens with one attached hydrogen (secondary N) is 1. The Kier molecular flexibility index (Phi) is 6.02. The maximum atomic E-state index is 13.5. The molecular formula is C22H29ClFN7O2. The van der Waals surface area contributed by atoms with Crippen LogP contribution in [-0.2, 0) is 7.05 Å². The van der Waals surface area contributed by atoms with Gasteiger partial charge in [0.15, 0.2) is 0 Å². The van der Waals surface area contributed by atoms with Crippen molar-refractivity contribution in [3.63, 3.8) is 0 Å². The van der Waals surface area contributed by atoms with E-state index in [2.05, 4.69) is 10.4 Å². The molecule has 1 aromatic heterocycles. The lowest BCUT2D eigenvalue weighted by molar-refractivity contribution is 0.0481. The van der Waals surface area contributed by atoms with Crippen molar-refractivity contribution in [2.75, 3.05) is 18.1 Å². The Balaban J connectivity index is 1.54. The van der Waals surface area contributed by atoms with Crippen LogP contribution in [0, 0.1) is 17.7 Å². The van der Waals surface area contributed by atoms with E-state index in [-0.39, 0.29) is 28.6 Å². The minimum atomic E-state index is -1.07. The van der Waals surface area contributed by atoms with E-state index in [1.165, 1.54) is 34.1 Å². The number of hydrazine groups is 1. The van der Waals surface area contributed by atoms with E-state index in [1.54, 1.807) is 14.1 Å². The molecule has 0 saturated heterocycles. The minimum absolute atomic E-state index is 0.0199. The number of amides is 1. The predicted octanol–water partition coefficient (Wildman–Crippen LogP) is 2.29. The van der Waals surface area contributed by atoms with Crippen molar-refractivity contribution in [3.05, 3.63) is 52.2 Å². The predicted molar refractivity (Wildman–Crippen MR) is 124 cm³/mol.